The van der Waals surface area contributed by atoms with Crippen LogP contribution < -0.4 is 10.6 Å². The number of anilines is 2. The number of aromatic nitrogens is 1. The number of nitrogen functional groups attached to an aromatic ring is 1. The largest absolute Gasteiger partial charge is 0.382 e. The standard InChI is InChI=1S/C9H12N4/c1-13(7-3-5-10)8-4-2-6-12-9(8)11/h2,4,6H,3,7H2,1H3,(H2,11,12). The Balaban J connectivity index is 2.72. The number of nitriles is 1. The van der Waals surface area contributed by atoms with Crippen molar-refractivity contribution in [3.05, 3.63) is 18.3 Å². The fourth-order valence-corrected chi connectivity index (χ4v) is 1.07. The van der Waals surface area contributed by atoms with Gasteiger partial charge in [-0.2, -0.15) is 5.26 Å². The summed E-state index contributed by atoms with van der Waals surface area (Å²) in [5.74, 6) is 0.503. The monoisotopic (exact) mass is 176 g/mol. The van der Waals surface area contributed by atoms with Crippen LogP contribution >= 0.6 is 0 Å². The average Bonchev–Trinajstić information content (AvgIpc) is 2.15. The van der Waals surface area contributed by atoms with E-state index in [4.69, 9.17) is 11.0 Å². The second kappa shape index (κ2) is 4.31. The molecule has 0 aliphatic heterocycles. The molecule has 0 fully saturated rings. The molecule has 0 amide bonds. The molecule has 1 heterocycles. The molecule has 0 saturated carbocycles. The van der Waals surface area contributed by atoms with Crippen LogP contribution in [0.1, 0.15) is 6.42 Å². The minimum Gasteiger partial charge on any atom is -0.382 e. The molecule has 0 unspecified atom stereocenters. The van der Waals surface area contributed by atoms with Gasteiger partial charge in [0.25, 0.3) is 0 Å². The minimum absolute atomic E-state index is 0.491. The molecular weight excluding hydrogens is 164 g/mol. The third-order valence-electron chi connectivity index (χ3n) is 1.79. The maximum Gasteiger partial charge on any atom is 0.146 e. The van der Waals surface area contributed by atoms with Crippen molar-refractivity contribution >= 4 is 11.5 Å². The van der Waals surface area contributed by atoms with Crippen LogP contribution in [0.2, 0.25) is 0 Å². The molecule has 1 aromatic heterocycles. The summed E-state index contributed by atoms with van der Waals surface area (Å²) in [5, 5.41) is 8.41. The first kappa shape index (κ1) is 9.33. The summed E-state index contributed by atoms with van der Waals surface area (Å²) in [7, 11) is 1.89. The van der Waals surface area contributed by atoms with Gasteiger partial charge < -0.3 is 10.6 Å². The van der Waals surface area contributed by atoms with Crippen molar-refractivity contribution < 1.29 is 0 Å². The van der Waals surface area contributed by atoms with Crippen LogP contribution in [0, 0.1) is 11.3 Å². The van der Waals surface area contributed by atoms with E-state index in [0.717, 1.165) is 5.69 Å². The second-order valence-corrected chi connectivity index (χ2v) is 2.74. The number of hydrogen-bond acceptors (Lipinski definition) is 4. The Kier molecular flexibility index (Phi) is 3.09. The van der Waals surface area contributed by atoms with Crippen LogP contribution in [0.4, 0.5) is 11.5 Å². The molecule has 0 saturated heterocycles. The van der Waals surface area contributed by atoms with Crippen LogP contribution in [-0.4, -0.2) is 18.6 Å². The van der Waals surface area contributed by atoms with Crippen molar-refractivity contribution in [3.63, 3.8) is 0 Å². The van der Waals surface area contributed by atoms with Crippen molar-refractivity contribution in [3.8, 4) is 6.07 Å². The van der Waals surface area contributed by atoms with E-state index in [-0.39, 0.29) is 0 Å². The zero-order valence-electron chi connectivity index (χ0n) is 7.57. The number of hydrogen-bond donors (Lipinski definition) is 1. The third kappa shape index (κ3) is 2.34. The molecule has 0 aliphatic rings. The minimum atomic E-state index is 0.491. The summed E-state index contributed by atoms with van der Waals surface area (Å²) in [6.07, 6.45) is 2.14. The molecule has 0 bridgehead atoms. The predicted octanol–water partition coefficient (Wildman–Crippen LogP) is 1.01. The van der Waals surface area contributed by atoms with Crippen LogP contribution in [0.15, 0.2) is 18.3 Å². The molecular formula is C9H12N4. The van der Waals surface area contributed by atoms with Gasteiger partial charge in [-0.25, -0.2) is 4.98 Å². The quantitative estimate of drug-likeness (QED) is 0.746. The van der Waals surface area contributed by atoms with Gasteiger partial charge in [-0.1, -0.05) is 0 Å². The lowest BCUT2D eigenvalue weighted by molar-refractivity contribution is 0.903. The topological polar surface area (TPSA) is 65.9 Å². The van der Waals surface area contributed by atoms with E-state index < -0.39 is 0 Å². The fraction of sp³-hybridized carbons (Fsp3) is 0.333. The van der Waals surface area contributed by atoms with E-state index in [1.807, 2.05) is 24.1 Å². The van der Waals surface area contributed by atoms with E-state index in [2.05, 4.69) is 11.1 Å². The first-order valence-electron chi connectivity index (χ1n) is 4.04. The van der Waals surface area contributed by atoms with Gasteiger partial charge in [0.05, 0.1) is 18.2 Å². The van der Waals surface area contributed by atoms with E-state index >= 15 is 0 Å². The molecule has 4 heteroatoms. The number of rotatable bonds is 3. The van der Waals surface area contributed by atoms with Gasteiger partial charge in [0.2, 0.25) is 0 Å². The number of nitrogens with zero attached hydrogens (tertiary/aromatic N) is 3. The molecule has 0 aliphatic carbocycles. The summed E-state index contributed by atoms with van der Waals surface area (Å²) < 4.78 is 0. The fourth-order valence-electron chi connectivity index (χ4n) is 1.07. The van der Waals surface area contributed by atoms with E-state index in [0.29, 0.717) is 18.8 Å². The Hall–Kier alpha value is -1.76. The Morgan fingerprint density at radius 2 is 2.46 bits per heavy atom. The Morgan fingerprint density at radius 3 is 3.08 bits per heavy atom. The number of pyridine rings is 1. The Labute approximate surface area is 77.6 Å². The molecule has 1 rings (SSSR count). The highest BCUT2D eigenvalue weighted by Crippen LogP contribution is 2.17. The normalized spacial score (nSPS) is 9.23. The molecule has 13 heavy (non-hydrogen) atoms. The molecule has 68 valence electrons. The van der Waals surface area contributed by atoms with Crippen molar-refractivity contribution in [2.75, 3.05) is 24.2 Å². The van der Waals surface area contributed by atoms with E-state index in [1.165, 1.54) is 0 Å². The molecule has 0 radical (unpaired) electrons. The maximum atomic E-state index is 8.41. The molecule has 0 atom stereocenters. The molecule has 0 spiro atoms. The van der Waals surface area contributed by atoms with E-state index in [1.54, 1.807) is 6.20 Å². The van der Waals surface area contributed by atoms with Crippen LogP contribution in [-0.2, 0) is 0 Å². The van der Waals surface area contributed by atoms with Crippen LogP contribution in [0.3, 0.4) is 0 Å². The van der Waals surface area contributed by atoms with Crippen molar-refractivity contribution in [2.45, 2.75) is 6.42 Å². The zero-order chi connectivity index (χ0) is 9.68. The van der Waals surface area contributed by atoms with Gasteiger partial charge in [0, 0.05) is 19.8 Å². The summed E-state index contributed by atoms with van der Waals surface area (Å²) in [6, 6.07) is 5.80. The highest BCUT2D eigenvalue weighted by Gasteiger charge is 2.03. The van der Waals surface area contributed by atoms with Gasteiger partial charge in [-0.3, -0.25) is 0 Å². The Bertz CT molecular complexity index is 316. The first-order valence-corrected chi connectivity index (χ1v) is 4.04. The lowest BCUT2D eigenvalue weighted by atomic mass is 10.3. The lowest BCUT2D eigenvalue weighted by Gasteiger charge is -2.18. The smallest absolute Gasteiger partial charge is 0.146 e. The molecule has 4 nitrogen and oxygen atoms in total. The number of nitrogens with two attached hydrogens (primary N) is 1. The zero-order valence-corrected chi connectivity index (χ0v) is 7.57. The van der Waals surface area contributed by atoms with Gasteiger partial charge in [-0.15, -0.1) is 0 Å². The van der Waals surface area contributed by atoms with Gasteiger partial charge in [-0.05, 0) is 12.1 Å². The average molecular weight is 176 g/mol. The van der Waals surface area contributed by atoms with Crippen LogP contribution in [0.25, 0.3) is 0 Å². The SMILES string of the molecule is CN(CCC#N)c1cccnc1N. The van der Waals surface area contributed by atoms with Crippen molar-refractivity contribution in [1.29, 1.82) is 5.26 Å². The predicted molar refractivity (Wildman–Crippen MR) is 52.1 cm³/mol. The Morgan fingerprint density at radius 1 is 1.69 bits per heavy atom. The highest BCUT2D eigenvalue weighted by atomic mass is 15.1. The summed E-state index contributed by atoms with van der Waals surface area (Å²) in [6.45, 7) is 0.673. The summed E-state index contributed by atoms with van der Waals surface area (Å²) >= 11 is 0. The maximum absolute atomic E-state index is 8.41. The second-order valence-electron chi connectivity index (χ2n) is 2.74. The summed E-state index contributed by atoms with van der Waals surface area (Å²) in [5.41, 5.74) is 6.53. The van der Waals surface area contributed by atoms with Crippen molar-refractivity contribution in [2.24, 2.45) is 0 Å². The van der Waals surface area contributed by atoms with Gasteiger partial charge >= 0.3 is 0 Å². The van der Waals surface area contributed by atoms with E-state index in [9.17, 15) is 0 Å². The summed E-state index contributed by atoms with van der Waals surface area (Å²) in [4.78, 5) is 5.88. The van der Waals surface area contributed by atoms with Crippen LogP contribution in [0.5, 0.6) is 0 Å². The van der Waals surface area contributed by atoms with Crippen molar-refractivity contribution in [1.82, 2.24) is 4.98 Å². The molecule has 1 aromatic rings. The third-order valence-corrected chi connectivity index (χ3v) is 1.79. The molecule has 2 N–H and O–H groups in total. The highest BCUT2D eigenvalue weighted by molar-refractivity contribution is 5.62. The van der Waals surface area contributed by atoms with Gasteiger partial charge in [0.15, 0.2) is 0 Å². The first-order chi connectivity index (χ1) is 6.25. The lowest BCUT2D eigenvalue weighted by Crippen LogP contribution is -2.19. The molecule has 0 aromatic carbocycles. The van der Waals surface area contributed by atoms with Gasteiger partial charge in [0.1, 0.15) is 5.82 Å².